The Bertz CT molecular complexity index is 650. The lowest BCUT2D eigenvalue weighted by Gasteiger charge is -2.07. The summed E-state index contributed by atoms with van der Waals surface area (Å²) in [4.78, 5) is 11.9. The first-order valence-electron chi connectivity index (χ1n) is 6.43. The van der Waals surface area contributed by atoms with E-state index in [1.807, 2.05) is 38.1 Å². The number of nitrogens with zero attached hydrogens (tertiary/aromatic N) is 2. The van der Waals surface area contributed by atoms with E-state index in [9.17, 15) is 4.79 Å². The van der Waals surface area contributed by atoms with Gasteiger partial charge >= 0.3 is 5.97 Å². The van der Waals surface area contributed by atoms with Gasteiger partial charge in [0.2, 0.25) is 0 Å². The van der Waals surface area contributed by atoms with Gasteiger partial charge in [0.25, 0.3) is 0 Å². The van der Waals surface area contributed by atoms with E-state index in [0.29, 0.717) is 5.82 Å². The van der Waals surface area contributed by atoms with Gasteiger partial charge in [-0.05, 0) is 38.1 Å². The van der Waals surface area contributed by atoms with Crippen molar-refractivity contribution in [1.82, 2.24) is 9.78 Å². The second-order valence-electron chi connectivity index (χ2n) is 4.79. The Morgan fingerprint density at radius 2 is 2.00 bits per heavy atom. The summed E-state index contributed by atoms with van der Waals surface area (Å²) in [5.41, 5.74) is 7.08. The summed E-state index contributed by atoms with van der Waals surface area (Å²) >= 11 is 3.38. The highest BCUT2D eigenvalue weighted by Gasteiger charge is 2.24. The predicted molar refractivity (Wildman–Crippen MR) is 85.8 cm³/mol. The van der Waals surface area contributed by atoms with Gasteiger partial charge in [0.1, 0.15) is 11.4 Å². The first kappa shape index (κ1) is 15.4. The molecule has 6 nitrogen and oxygen atoms in total. The number of nitrogens with two attached hydrogens (primary N) is 1. The molecule has 0 amide bonds. The number of nitrogens with one attached hydrogen (secondary N) is 1. The minimum Gasteiger partial charge on any atom is -0.465 e. The van der Waals surface area contributed by atoms with Gasteiger partial charge in [0, 0.05) is 10.5 Å². The molecule has 0 fully saturated rings. The van der Waals surface area contributed by atoms with Crippen molar-refractivity contribution in [2.75, 3.05) is 18.2 Å². The molecule has 0 bridgehead atoms. The topological polar surface area (TPSA) is 82.2 Å². The van der Waals surface area contributed by atoms with Gasteiger partial charge in [0.05, 0.1) is 12.8 Å². The lowest BCUT2D eigenvalue weighted by molar-refractivity contribution is 0.0603. The van der Waals surface area contributed by atoms with Crippen LogP contribution in [0.25, 0.3) is 5.69 Å². The monoisotopic (exact) mass is 352 g/mol. The molecule has 0 unspecified atom stereocenters. The lowest BCUT2D eigenvalue weighted by Crippen LogP contribution is -2.14. The van der Waals surface area contributed by atoms with Gasteiger partial charge in [-0.3, -0.25) is 0 Å². The van der Waals surface area contributed by atoms with Crippen LogP contribution < -0.4 is 11.1 Å². The smallest absolute Gasteiger partial charge is 0.345 e. The maximum absolute atomic E-state index is 11.9. The predicted octanol–water partition coefficient (Wildman–Crippen LogP) is 2.82. The van der Waals surface area contributed by atoms with E-state index in [0.717, 1.165) is 10.2 Å². The van der Waals surface area contributed by atoms with Crippen molar-refractivity contribution >= 4 is 33.5 Å². The Kier molecular flexibility index (Phi) is 4.52. The molecule has 2 rings (SSSR count). The zero-order valence-electron chi connectivity index (χ0n) is 12.1. The third-order valence-electron chi connectivity index (χ3n) is 2.81. The summed E-state index contributed by atoms with van der Waals surface area (Å²) < 4.78 is 7.25. The SMILES string of the molecule is COC(=O)c1c(NC(C)C)nn(-c2ccc(Br)cc2)c1N. The van der Waals surface area contributed by atoms with Crippen LogP contribution in [0.2, 0.25) is 0 Å². The summed E-state index contributed by atoms with van der Waals surface area (Å²) in [5, 5.41) is 7.49. The number of carbonyl (C=O) groups excluding carboxylic acids is 1. The number of anilines is 2. The number of rotatable bonds is 4. The number of carbonyl (C=O) groups is 1. The summed E-state index contributed by atoms with van der Waals surface area (Å²) in [6.07, 6.45) is 0. The number of methoxy groups -OCH3 is 1. The van der Waals surface area contributed by atoms with Crippen LogP contribution in [0.15, 0.2) is 28.7 Å². The number of aromatic nitrogens is 2. The van der Waals surface area contributed by atoms with Crippen molar-refractivity contribution in [2.24, 2.45) is 0 Å². The van der Waals surface area contributed by atoms with Crippen molar-refractivity contribution in [2.45, 2.75) is 19.9 Å². The summed E-state index contributed by atoms with van der Waals surface area (Å²) in [5.74, 6) is 0.142. The van der Waals surface area contributed by atoms with Crippen molar-refractivity contribution < 1.29 is 9.53 Å². The molecule has 0 atom stereocenters. The molecule has 0 aliphatic carbocycles. The molecule has 0 aliphatic heterocycles. The molecular formula is C14H17BrN4O2. The number of hydrogen-bond donors (Lipinski definition) is 2. The van der Waals surface area contributed by atoms with Crippen LogP contribution in [0, 0.1) is 0 Å². The van der Waals surface area contributed by atoms with Gasteiger partial charge in [-0.25, -0.2) is 9.48 Å². The number of benzene rings is 1. The van der Waals surface area contributed by atoms with Crippen molar-refractivity contribution in [3.63, 3.8) is 0 Å². The Labute approximate surface area is 131 Å². The van der Waals surface area contributed by atoms with Crippen LogP contribution in [0.1, 0.15) is 24.2 Å². The van der Waals surface area contributed by atoms with Gasteiger partial charge in [-0.2, -0.15) is 0 Å². The Hall–Kier alpha value is -2.02. The molecule has 2 aromatic rings. The first-order valence-corrected chi connectivity index (χ1v) is 7.22. The number of halogens is 1. The van der Waals surface area contributed by atoms with Crippen molar-refractivity contribution in [3.05, 3.63) is 34.3 Å². The third-order valence-corrected chi connectivity index (χ3v) is 3.34. The van der Waals surface area contributed by atoms with Gasteiger partial charge < -0.3 is 15.8 Å². The van der Waals surface area contributed by atoms with E-state index in [-0.39, 0.29) is 17.4 Å². The normalized spacial score (nSPS) is 10.7. The Morgan fingerprint density at radius 3 is 2.52 bits per heavy atom. The zero-order valence-corrected chi connectivity index (χ0v) is 13.6. The number of hydrogen-bond acceptors (Lipinski definition) is 5. The van der Waals surface area contributed by atoms with Crippen LogP contribution >= 0.6 is 15.9 Å². The molecule has 0 spiro atoms. The van der Waals surface area contributed by atoms with Gasteiger partial charge in [-0.1, -0.05) is 15.9 Å². The molecule has 0 radical (unpaired) electrons. The van der Waals surface area contributed by atoms with E-state index >= 15 is 0 Å². The van der Waals surface area contributed by atoms with E-state index in [2.05, 4.69) is 26.3 Å². The number of ether oxygens (including phenoxy) is 1. The van der Waals surface area contributed by atoms with Gasteiger partial charge in [0.15, 0.2) is 5.82 Å². The Balaban J connectivity index is 2.55. The van der Waals surface area contributed by atoms with Crippen LogP contribution in [-0.4, -0.2) is 28.9 Å². The summed E-state index contributed by atoms with van der Waals surface area (Å²) in [6.45, 7) is 3.91. The van der Waals surface area contributed by atoms with E-state index < -0.39 is 5.97 Å². The highest BCUT2D eigenvalue weighted by Crippen LogP contribution is 2.26. The van der Waals surface area contributed by atoms with E-state index in [1.165, 1.54) is 11.8 Å². The summed E-state index contributed by atoms with van der Waals surface area (Å²) in [6, 6.07) is 7.58. The fraction of sp³-hybridized carbons (Fsp3) is 0.286. The van der Waals surface area contributed by atoms with Crippen LogP contribution in [-0.2, 0) is 4.74 Å². The minimum absolute atomic E-state index is 0.112. The fourth-order valence-corrected chi connectivity index (χ4v) is 2.15. The average molecular weight is 353 g/mol. The molecule has 112 valence electrons. The first-order chi connectivity index (χ1) is 9.93. The van der Waals surface area contributed by atoms with Crippen LogP contribution in [0.5, 0.6) is 0 Å². The number of nitrogen functional groups attached to an aromatic ring is 1. The average Bonchev–Trinajstić information content (AvgIpc) is 2.75. The zero-order chi connectivity index (χ0) is 15.6. The van der Waals surface area contributed by atoms with Gasteiger partial charge in [-0.15, -0.1) is 5.10 Å². The molecule has 3 N–H and O–H groups in total. The quantitative estimate of drug-likeness (QED) is 0.826. The molecule has 0 saturated heterocycles. The second-order valence-corrected chi connectivity index (χ2v) is 5.70. The molecule has 0 saturated carbocycles. The molecule has 21 heavy (non-hydrogen) atoms. The standard InChI is InChI=1S/C14H17BrN4O2/c1-8(2)17-13-11(14(20)21-3)12(16)19(18-13)10-6-4-9(15)5-7-10/h4-8H,16H2,1-3H3,(H,17,18). The maximum atomic E-state index is 11.9. The fourth-order valence-electron chi connectivity index (χ4n) is 1.89. The van der Waals surface area contributed by atoms with E-state index in [4.69, 9.17) is 10.5 Å². The molecule has 1 aromatic heterocycles. The van der Waals surface area contributed by atoms with Crippen molar-refractivity contribution in [3.8, 4) is 5.69 Å². The van der Waals surface area contributed by atoms with Crippen LogP contribution in [0.4, 0.5) is 11.6 Å². The largest absolute Gasteiger partial charge is 0.465 e. The molecule has 1 heterocycles. The molecule has 1 aromatic carbocycles. The van der Waals surface area contributed by atoms with E-state index in [1.54, 1.807) is 0 Å². The number of esters is 1. The van der Waals surface area contributed by atoms with Crippen molar-refractivity contribution in [1.29, 1.82) is 0 Å². The summed E-state index contributed by atoms with van der Waals surface area (Å²) in [7, 11) is 1.32. The lowest BCUT2D eigenvalue weighted by atomic mass is 10.2. The second kappa shape index (κ2) is 6.17. The Morgan fingerprint density at radius 1 is 1.38 bits per heavy atom. The van der Waals surface area contributed by atoms with Crippen LogP contribution in [0.3, 0.4) is 0 Å². The highest BCUT2D eigenvalue weighted by molar-refractivity contribution is 9.10. The minimum atomic E-state index is -0.515. The molecule has 0 aliphatic rings. The highest BCUT2D eigenvalue weighted by atomic mass is 79.9. The molecular weight excluding hydrogens is 336 g/mol. The third kappa shape index (κ3) is 3.18. The maximum Gasteiger partial charge on any atom is 0.345 e. The molecule has 7 heteroatoms.